The lowest BCUT2D eigenvalue weighted by atomic mass is 10.0. The minimum atomic E-state index is -0.654. The van der Waals surface area contributed by atoms with E-state index in [0.717, 1.165) is 16.9 Å². The highest BCUT2D eigenvalue weighted by Crippen LogP contribution is 2.33. The number of nitrogens with zero attached hydrogens (tertiary/aromatic N) is 1. The van der Waals surface area contributed by atoms with E-state index < -0.39 is 24.4 Å². The molecule has 4 rings (SSSR count). The third-order valence-corrected chi connectivity index (χ3v) is 6.35. The molecule has 0 unspecified atom stereocenters. The number of para-hydroxylation sites is 2. The van der Waals surface area contributed by atoms with Crippen molar-refractivity contribution in [3.8, 4) is 17.2 Å². The highest BCUT2D eigenvalue weighted by atomic mass is 16.5. The fourth-order valence-electron chi connectivity index (χ4n) is 4.33. The van der Waals surface area contributed by atoms with Gasteiger partial charge in [-0.2, -0.15) is 0 Å². The van der Waals surface area contributed by atoms with E-state index in [1.165, 1.54) is 7.11 Å². The van der Waals surface area contributed by atoms with Gasteiger partial charge in [0.15, 0.2) is 6.61 Å². The Kier molecular flexibility index (Phi) is 8.31. The van der Waals surface area contributed by atoms with Gasteiger partial charge in [-0.25, -0.2) is 0 Å². The van der Waals surface area contributed by atoms with E-state index in [4.69, 9.17) is 14.2 Å². The summed E-state index contributed by atoms with van der Waals surface area (Å²) in [6, 6.07) is 20.3. The predicted octanol–water partition coefficient (Wildman–Crippen LogP) is 5.45. The molecule has 1 atom stereocenters. The molecule has 3 aromatic carbocycles. The Bertz CT molecular complexity index is 1320. The highest BCUT2D eigenvalue weighted by Gasteiger charge is 2.36. The molecule has 0 radical (unpaired) electrons. The van der Waals surface area contributed by atoms with Gasteiger partial charge in [0.25, 0.3) is 5.91 Å². The lowest BCUT2D eigenvalue weighted by molar-refractivity contribution is -0.151. The van der Waals surface area contributed by atoms with Crippen LogP contribution in [0.2, 0.25) is 0 Å². The van der Waals surface area contributed by atoms with Gasteiger partial charge in [0, 0.05) is 18.7 Å². The first-order valence-electron chi connectivity index (χ1n) is 12.5. The molecule has 0 bridgehead atoms. The van der Waals surface area contributed by atoms with Crippen molar-refractivity contribution in [2.45, 2.75) is 33.1 Å². The van der Waals surface area contributed by atoms with Crippen LogP contribution in [0.5, 0.6) is 17.2 Å². The van der Waals surface area contributed by atoms with E-state index in [1.54, 1.807) is 41.3 Å². The fraction of sp³-hybridized carbons (Fsp3) is 0.300. The summed E-state index contributed by atoms with van der Waals surface area (Å²) in [5.74, 6) is 0.368. The minimum absolute atomic E-state index is 0.0201. The van der Waals surface area contributed by atoms with Gasteiger partial charge >= 0.3 is 5.97 Å². The molecule has 1 aliphatic heterocycles. The van der Waals surface area contributed by atoms with Gasteiger partial charge in [0.05, 0.1) is 18.7 Å². The van der Waals surface area contributed by atoms with Gasteiger partial charge in [0.2, 0.25) is 5.91 Å². The van der Waals surface area contributed by atoms with Crippen LogP contribution in [0.15, 0.2) is 66.7 Å². The Morgan fingerprint density at radius 1 is 1.03 bits per heavy atom. The van der Waals surface area contributed by atoms with Crippen molar-refractivity contribution in [1.82, 2.24) is 0 Å². The lowest BCUT2D eigenvalue weighted by Crippen LogP contribution is -2.28. The minimum Gasteiger partial charge on any atom is -0.495 e. The molecule has 1 fully saturated rings. The average Bonchev–Trinajstić information content (AvgIpc) is 3.29. The Hall–Kier alpha value is -4.33. The van der Waals surface area contributed by atoms with Crippen LogP contribution in [0, 0.1) is 12.8 Å². The Morgan fingerprint density at radius 2 is 1.76 bits per heavy atom. The number of benzene rings is 3. The molecule has 8 heteroatoms. The van der Waals surface area contributed by atoms with Crippen molar-refractivity contribution in [3.63, 3.8) is 0 Å². The Labute approximate surface area is 222 Å². The van der Waals surface area contributed by atoms with E-state index >= 15 is 0 Å². The largest absolute Gasteiger partial charge is 0.495 e. The van der Waals surface area contributed by atoms with Gasteiger partial charge in [-0.1, -0.05) is 38.1 Å². The third kappa shape index (κ3) is 6.32. The number of methoxy groups -OCH3 is 1. The quantitative estimate of drug-likeness (QED) is 0.380. The topological polar surface area (TPSA) is 94.2 Å². The van der Waals surface area contributed by atoms with Crippen LogP contribution in [0.3, 0.4) is 0 Å². The number of amides is 2. The lowest BCUT2D eigenvalue weighted by Gasteiger charge is -2.18. The van der Waals surface area contributed by atoms with Crippen LogP contribution in [-0.2, 0) is 19.1 Å². The number of anilines is 2. The molecule has 38 heavy (non-hydrogen) atoms. The van der Waals surface area contributed by atoms with E-state index in [0.29, 0.717) is 28.8 Å². The summed E-state index contributed by atoms with van der Waals surface area (Å²) in [7, 11) is 1.50. The average molecular weight is 517 g/mol. The number of ether oxygens (including phenoxy) is 3. The number of hydrogen-bond donors (Lipinski definition) is 1. The molecule has 198 valence electrons. The zero-order valence-corrected chi connectivity index (χ0v) is 22.0. The zero-order chi connectivity index (χ0) is 27.2. The standard InChI is InChI=1S/C30H32N2O6/c1-19(2)24-14-9-20(3)15-27(24)38-23-12-10-22(11-13-23)32-17-21(16-29(32)34)30(35)37-18-28(33)31-25-7-5-6-8-26(25)36-4/h5-15,19,21H,16-18H2,1-4H3,(H,31,33)/t21-/m1/s1. The van der Waals surface area contributed by atoms with Crippen molar-refractivity contribution in [2.24, 2.45) is 5.92 Å². The molecule has 8 nitrogen and oxygen atoms in total. The van der Waals surface area contributed by atoms with Crippen molar-refractivity contribution in [1.29, 1.82) is 0 Å². The summed E-state index contributed by atoms with van der Waals surface area (Å²) in [5.41, 5.74) is 3.37. The van der Waals surface area contributed by atoms with Crippen molar-refractivity contribution >= 4 is 29.2 Å². The van der Waals surface area contributed by atoms with Gasteiger partial charge in [-0.3, -0.25) is 14.4 Å². The van der Waals surface area contributed by atoms with Gasteiger partial charge < -0.3 is 24.4 Å². The Balaban J connectivity index is 1.33. The van der Waals surface area contributed by atoms with E-state index in [-0.39, 0.29) is 18.9 Å². The maximum absolute atomic E-state index is 12.7. The maximum Gasteiger partial charge on any atom is 0.311 e. The summed E-state index contributed by atoms with van der Waals surface area (Å²) in [5, 5.41) is 2.66. The van der Waals surface area contributed by atoms with E-state index in [9.17, 15) is 14.4 Å². The molecular weight excluding hydrogens is 484 g/mol. The second-order valence-corrected chi connectivity index (χ2v) is 9.55. The van der Waals surface area contributed by atoms with Crippen molar-refractivity contribution in [3.05, 3.63) is 77.9 Å². The van der Waals surface area contributed by atoms with Crippen molar-refractivity contribution < 1.29 is 28.6 Å². The van der Waals surface area contributed by atoms with Crippen LogP contribution in [0.4, 0.5) is 11.4 Å². The number of aryl methyl sites for hydroxylation is 1. The smallest absolute Gasteiger partial charge is 0.311 e. The molecule has 1 N–H and O–H groups in total. The number of esters is 1. The van der Waals surface area contributed by atoms with E-state index in [1.807, 2.05) is 25.1 Å². The second kappa shape index (κ2) is 11.8. The van der Waals surface area contributed by atoms with Gasteiger partial charge in [-0.15, -0.1) is 0 Å². The SMILES string of the molecule is COc1ccccc1NC(=O)COC(=O)[C@@H]1CC(=O)N(c2ccc(Oc3cc(C)ccc3C(C)C)cc2)C1. The number of hydrogen-bond acceptors (Lipinski definition) is 6. The molecule has 0 spiro atoms. The summed E-state index contributed by atoms with van der Waals surface area (Å²) in [4.78, 5) is 39.1. The fourth-order valence-corrected chi connectivity index (χ4v) is 4.33. The monoisotopic (exact) mass is 516 g/mol. The normalized spacial score (nSPS) is 14.9. The van der Waals surface area contributed by atoms with Gasteiger partial charge in [-0.05, 0) is 66.4 Å². The first-order chi connectivity index (χ1) is 18.2. The zero-order valence-electron chi connectivity index (χ0n) is 22.0. The third-order valence-electron chi connectivity index (χ3n) is 6.35. The molecule has 1 aliphatic rings. The number of rotatable bonds is 9. The number of carbonyl (C=O) groups excluding carboxylic acids is 3. The summed E-state index contributed by atoms with van der Waals surface area (Å²) in [6.45, 7) is 5.99. The number of nitrogens with one attached hydrogen (secondary N) is 1. The Morgan fingerprint density at radius 3 is 2.47 bits per heavy atom. The van der Waals surface area contributed by atoms with E-state index in [2.05, 4.69) is 31.3 Å². The van der Waals surface area contributed by atoms with Crippen LogP contribution in [0.1, 0.15) is 37.3 Å². The van der Waals surface area contributed by atoms with Gasteiger partial charge in [0.1, 0.15) is 17.2 Å². The summed E-state index contributed by atoms with van der Waals surface area (Å²) < 4.78 is 16.5. The molecule has 1 heterocycles. The highest BCUT2D eigenvalue weighted by molar-refractivity contribution is 6.00. The predicted molar refractivity (Wildman–Crippen MR) is 145 cm³/mol. The molecule has 1 saturated heterocycles. The first-order valence-corrected chi connectivity index (χ1v) is 12.5. The molecule has 0 aliphatic carbocycles. The summed E-state index contributed by atoms with van der Waals surface area (Å²) >= 11 is 0. The maximum atomic E-state index is 12.7. The second-order valence-electron chi connectivity index (χ2n) is 9.55. The van der Waals surface area contributed by atoms with Crippen molar-refractivity contribution in [2.75, 3.05) is 30.5 Å². The van der Waals surface area contributed by atoms with Crippen LogP contribution >= 0.6 is 0 Å². The molecule has 3 aromatic rings. The van der Waals surface area contributed by atoms with Crippen LogP contribution in [-0.4, -0.2) is 38.0 Å². The molecule has 0 saturated carbocycles. The molecule has 2 amide bonds. The number of carbonyl (C=O) groups is 3. The van der Waals surface area contributed by atoms with Crippen LogP contribution in [0.25, 0.3) is 0 Å². The first kappa shape index (κ1) is 26.7. The molecular formula is C30H32N2O6. The molecule has 0 aromatic heterocycles. The summed E-state index contributed by atoms with van der Waals surface area (Å²) in [6.07, 6.45) is 0.0201. The van der Waals surface area contributed by atoms with Crippen LogP contribution < -0.4 is 19.7 Å².